The quantitative estimate of drug-likeness (QED) is 0.592. The van der Waals surface area contributed by atoms with Crippen molar-refractivity contribution in [3.8, 4) is 0 Å². The van der Waals surface area contributed by atoms with E-state index in [-0.39, 0.29) is 0 Å². The third-order valence-corrected chi connectivity index (χ3v) is 6.87. The largest absolute Gasteiger partial charge is 0.358 e. The number of hydrogen-bond donors (Lipinski definition) is 2. The summed E-state index contributed by atoms with van der Waals surface area (Å²) in [6.45, 7) is 11.6. The van der Waals surface area contributed by atoms with Crippen molar-refractivity contribution in [3.63, 3.8) is 0 Å². The number of thiocarbonyl (C=S) groups is 1. The summed E-state index contributed by atoms with van der Waals surface area (Å²) in [6, 6.07) is 10.7. The summed E-state index contributed by atoms with van der Waals surface area (Å²) in [4.78, 5) is 14.6. The molecule has 2 saturated heterocycles. The Kier molecular flexibility index (Phi) is 8.02. The van der Waals surface area contributed by atoms with Crippen molar-refractivity contribution in [3.05, 3.63) is 41.5 Å². The second-order valence-electron chi connectivity index (χ2n) is 9.95. The van der Waals surface area contributed by atoms with E-state index in [2.05, 4.69) is 71.5 Å². The molecule has 2 aliphatic heterocycles. The van der Waals surface area contributed by atoms with Crippen LogP contribution in [-0.4, -0.2) is 41.3 Å². The first-order valence-electron chi connectivity index (χ1n) is 12.5. The lowest BCUT2D eigenvalue weighted by atomic mass is 9.92. The average Bonchev–Trinajstić information content (AvgIpc) is 3.08. The summed E-state index contributed by atoms with van der Waals surface area (Å²) in [5.41, 5.74) is 2.45. The molecular weight excluding hydrogens is 428 g/mol. The number of piperidine rings is 1. The third-order valence-electron chi connectivity index (χ3n) is 6.62. The monoisotopic (exact) mass is 466 g/mol. The Balaban J connectivity index is 1.51. The van der Waals surface area contributed by atoms with E-state index >= 15 is 0 Å². The number of anilines is 3. The van der Waals surface area contributed by atoms with Gasteiger partial charge in [0.05, 0.1) is 0 Å². The van der Waals surface area contributed by atoms with Crippen molar-refractivity contribution in [2.75, 3.05) is 41.3 Å². The first-order chi connectivity index (χ1) is 16.0. The fourth-order valence-electron chi connectivity index (χ4n) is 4.99. The molecule has 1 aromatic carbocycles. The zero-order valence-corrected chi connectivity index (χ0v) is 21.1. The third kappa shape index (κ3) is 6.79. The van der Waals surface area contributed by atoms with Crippen molar-refractivity contribution in [2.24, 2.45) is 11.8 Å². The first-order valence-corrected chi connectivity index (χ1v) is 12.9. The Hall–Kier alpha value is -2.41. The molecular formula is C26H38N6S. The van der Waals surface area contributed by atoms with E-state index in [1.807, 2.05) is 0 Å². The standard InChI is InChI=1S/C26H38N6S/c1-19-8-10-22(11-9-19)16-27-26(33)30-25-28-23(31-12-6-4-5-7-13-31)15-24(29-25)32-17-20(2)14-21(3)18-32/h8-11,15,20-21H,4-7,12-14,16-18H2,1-3H3,(H2,27,28,29,30,33)/t20-,21+. The van der Waals surface area contributed by atoms with E-state index in [9.17, 15) is 0 Å². The van der Waals surface area contributed by atoms with Crippen LogP contribution in [0, 0.1) is 18.8 Å². The normalized spacial score (nSPS) is 21.4. The highest BCUT2D eigenvalue weighted by Gasteiger charge is 2.24. The Bertz CT molecular complexity index is 913. The summed E-state index contributed by atoms with van der Waals surface area (Å²) in [5.74, 6) is 3.93. The van der Waals surface area contributed by atoms with Crippen LogP contribution < -0.4 is 20.4 Å². The van der Waals surface area contributed by atoms with E-state index in [1.54, 1.807) is 0 Å². The minimum atomic E-state index is 0.551. The Labute approximate surface area is 204 Å². The Morgan fingerprint density at radius 1 is 0.939 bits per heavy atom. The molecule has 178 valence electrons. The van der Waals surface area contributed by atoms with Crippen molar-refractivity contribution in [2.45, 2.75) is 59.4 Å². The minimum absolute atomic E-state index is 0.551. The molecule has 2 fully saturated rings. The highest BCUT2D eigenvalue weighted by Crippen LogP contribution is 2.29. The molecule has 2 N–H and O–H groups in total. The number of nitrogens with zero attached hydrogens (tertiary/aromatic N) is 4. The van der Waals surface area contributed by atoms with Gasteiger partial charge in [0.1, 0.15) is 11.6 Å². The molecule has 0 saturated carbocycles. The average molecular weight is 467 g/mol. The maximum absolute atomic E-state index is 5.59. The molecule has 7 heteroatoms. The van der Waals surface area contributed by atoms with Gasteiger partial charge >= 0.3 is 0 Å². The Morgan fingerprint density at radius 2 is 1.55 bits per heavy atom. The lowest BCUT2D eigenvalue weighted by Gasteiger charge is -2.36. The van der Waals surface area contributed by atoms with Crippen LogP contribution in [0.1, 0.15) is 57.1 Å². The molecule has 6 nitrogen and oxygen atoms in total. The summed E-state index contributed by atoms with van der Waals surface area (Å²) < 4.78 is 0. The second kappa shape index (κ2) is 11.1. The SMILES string of the molecule is Cc1ccc(CNC(=S)Nc2nc(N3CCCCCC3)cc(N3C[C@H](C)C[C@H](C)C3)n2)cc1. The molecule has 2 aliphatic rings. The van der Waals surface area contributed by atoms with Crippen LogP contribution >= 0.6 is 12.2 Å². The molecule has 2 aromatic rings. The van der Waals surface area contributed by atoms with Crippen molar-refractivity contribution < 1.29 is 0 Å². The lowest BCUT2D eigenvalue weighted by molar-refractivity contribution is 0.355. The molecule has 4 rings (SSSR count). The number of rotatable bonds is 5. The second-order valence-corrected chi connectivity index (χ2v) is 10.4. The fraction of sp³-hybridized carbons (Fsp3) is 0.577. The highest BCUT2D eigenvalue weighted by atomic mass is 32.1. The molecule has 0 amide bonds. The van der Waals surface area contributed by atoms with Crippen LogP contribution in [0.15, 0.2) is 30.3 Å². The van der Waals surface area contributed by atoms with Gasteiger partial charge < -0.3 is 20.4 Å². The molecule has 0 unspecified atom stereocenters. The van der Waals surface area contributed by atoms with E-state index in [0.717, 1.165) is 37.8 Å². The molecule has 0 radical (unpaired) electrons. The van der Waals surface area contributed by atoms with E-state index in [0.29, 0.717) is 29.4 Å². The van der Waals surface area contributed by atoms with Gasteiger partial charge in [-0.05, 0) is 55.8 Å². The maximum atomic E-state index is 5.59. The van der Waals surface area contributed by atoms with Gasteiger partial charge in [0, 0.05) is 38.8 Å². The van der Waals surface area contributed by atoms with Gasteiger partial charge in [-0.25, -0.2) is 0 Å². The van der Waals surface area contributed by atoms with Gasteiger partial charge in [-0.15, -0.1) is 0 Å². The zero-order chi connectivity index (χ0) is 23.2. The zero-order valence-electron chi connectivity index (χ0n) is 20.3. The topological polar surface area (TPSA) is 56.3 Å². The number of benzene rings is 1. The molecule has 0 bridgehead atoms. The molecule has 0 spiro atoms. The van der Waals surface area contributed by atoms with Crippen LogP contribution in [0.3, 0.4) is 0 Å². The Morgan fingerprint density at radius 3 is 2.18 bits per heavy atom. The number of aromatic nitrogens is 2. The lowest BCUT2D eigenvalue weighted by Crippen LogP contribution is -2.39. The molecule has 1 aromatic heterocycles. The predicted octanol–water partition coefficient (Wildman–Crippen LogP) is 5.13. The van der Waals surface area contributed by atoms with E-state index < -0.39 is 0 Å². The fourth-order valence-corrected chi connectivity index (χ4v) is 5.15. The molecule has 33 heavy (non-hydrogen) atoms. The van der Waals surface area contributed by atoms with E-state index in [4.69, 9.17) is 22.2 Å². The van der Waals surface area contributed by atoms with Crippen LogP contribution in [-0.2, 0) is 6.54 Å². The smallest absolute Gasteiger partial charge is 0.232 e. The minimum Gasteiger partial charge on any atom is -0.358 e. The van der Waals surface area contributed by atoms with Gasteiger partial charge in [-0.1, -0.05) is 56.5 Å². The summed E-state index contributed by atoms with van der Waals surface area (Å²) in [7, 11) is 0. The number of hydrogen-bond acceptors (Lipinski definition) is 5. The van der Waals surface area contributed by atoms with Crippen LogP contribution in [0.4, 0.5) is 17.6 Å². The van der Waals surface area contributed by atoms with Gasteiger partial charge in [0.15, 0.2) is 5.11 Å². The van der Waals surface area contributed by atoms with Crippen molar-refractivity contribution in [1.29, 1.82) is 0 Å². The number of aryl methyl sites for hydroxylation is 1. The van der Waals surface area contributed by atoms with Gasteiger partial charge in [0.25, 0.3) is 0 Å². The van der Waals surface area contributed by atoms with E-state index in [1.165, 1.54) is 43.2 Å². The number of nitrogens with one attached hydrogen (secondary N) is 2. The van der Waals surface area contributed by atoms with Crippen LogP contribution in [0.2, 0.25) is 0 Å². The first kappa shape index (κ1) is 23.7. The van der Waals surface area contributed by atoms with Crippen LogP contribution in [0.5, 0.6) is 0 Å². The molecule has 0 aliphatic carbocycles. The van der Waals surface area contributed by atoms with Gasteiger partial charge in [0.2, 0.25) is 5.95 Å². The van der Waals surface area contributed by atoms with Gasteiger partial charge in [-0.3, -0.25) is 0 Å². The van der Waals surface area contributed by atoms with Crippen molar-refractivity contribution in [1.82, 2.24) is 15.3 Å². The predicted molar refractivity (Wildman–Crippen MR) is 142 cm³/mol. The summed E-state index contributed by atoms with van der Waals surface area (Å²) in [6.07, 6.45) is 6.31. The maximum Gasteiger partial charge on any atom is 0.232 e. The summed E-state index contributed by atoms with van der Waals surface area (Å²) in [5, 5.41) is 7.12. The van der Waals surface area contributed by atoms with Gasteiger partial charge in [-0.2, -0.15) is 9.97 Å². The van der Waals surface area contributed by atoms with Crippen molar-refractivity contribution >= 4 is 34.9 Å². The van der Waals surface area contributed by atoms with Crippen LogP contribution in [0.25, 0.3) is 0 Å². The summed E-state index contributed by atoms with van der Waals surface area (Å²) >= 11 is 5.59. The molecule has 2 atom stereocenters. The molecule has 3 heterocycles. The highest BCUT2D eigenvalue weighted by molar-refractivity contribution is 7.80.